The third kappa shape index (κ3) is 3.92. The van der Waals surface area contributed by atoms with E-state index in [2.05, 4.69) is 10.6 Å². The van der Waals surface area contributed by atoms with Crippen molar-refractivity contribution in [3.05, 3.63) is 29.3 Å². The molecule has 0 aromatic heterocycles. The highest BCUT2D eigenvalue weighted by molar-refractivity contribution is 5.94. The van der Waals surface area contributed by atoms with E-state index >= 15 is 0 Å². The van der Waals surface area contributed by atoms with E-state index < -0.39 is 17.5 Å². The third-order valence-corrected chi connectivity index (χ3v) is 3.22. The average Bonchev–Trinajstić information content (AvgIpc) is 2.39. The maximum Gasteiger partial charge on any atom is 0.251 e. The second-order valence-electron chi connectivity index (χ2n) is 5.08. The SMILES string of the molecule is CCNc1c(F)cc(C(=O)NC(CC)C(C)C)cc1F. The summed E-state index contributed by atoms with van der Waals surface area (Å²) >= 11 is 0. The zero-order chi connectivity index (χ0) is 15.3. The van der Waals surface area contributed by atoms with Crippen LogP contribution >= 0.6 is 0 Å². The fraction of sp³-hybridized carbons (Fsp3) is 0.533. The van der Waals surface area contributed by atoms with Crippen LogP contribution in [-0.4, -0.2) is 18.5 Å². The Kier molecular flexibility index (Phi) is 5.92. The molecule has 1 rings (SSSR count). The van der Waals surface area contributed by atoms with Crippen molar-refractivity contribution in [3.63, 3.8) is 0 Å². The minimum atomic E-state index is -0.755. The van der Waals surface area contributed by atoms with Crippen LogP contribution in [0.4, 0.5) is 14.5 Å². The third-order valence-electron chi connectivity index (χ3n) is 3.22. The van der Waals surface area contributed by atoms with Gasteiger partial charge in [0.15, 0.2) is 0 Å². The Hall–Kier alpha value is -1.65. The molecule has 20 heavy (non-hydrogen) atoms. The van der Waals surface area contributed by atoms with E-state index in [1.165, 1.54) is 0 Å². The normalized spacial score (nSPS) is 12.3. The van der Waals surface area contributed by atoms with Crippen molar-refractivity contribution >= 4 is 11.6 Å². The molecule has 1 aromatic carbocycles. The molecule has 1 amide bonds. The van der Waals surface area contributed by atoms with E-state index in [4.69, 9.17) is 0 Å². The van der Waals surface area contributed by atoms with Crippen LogP contribution in [0.3, 0.4) is 0 Å². The molecule has 1 aromatic rings. The molecule has 3 nitrogen and oxygen atoms in total. The smallest absolute Gasteiger partial charge is 0.251 e. The summed E-state index contributed by atoms with van der Waals surface area (Å²) < 4.78 is 27.5. The number of rotatable bonds is 6. The summed E-state index contributed by atoms with van der Waals surface area (Å²) in [6, 6.07) is 2.11. The molecule has 0 saturated carbocycles. The van der Waals surface area contributed by atoms with Gasteiger partial charge in [0, 0.05) is 18.2 Å². The predicted molar refractivity (Wildman–Crippen MR) is 76.9 cm³/mol. The Morgan fingerprint density at radius 1 is 1.20 bits per heavy atom. The fourth-order valence-electron chi connectivity index (χ4n) is 2.04. The van der Waals surface area contributed by atoms with Crippen molar-refractivity contribution in [2.45, 2.75) is 40.2 Å². The predicted octanol–water partition coefficient (Wildman–Crippen LogP) is 3.56. The molecule has 112 valence electrons. The first kappa shape index (κ1) is 16.4. The topological polar surface area (TPSA) is 41.1 Å². The molecule has 0 aliphatic rings. The lowest BCUT2D eigenvalue weighted by Crippen LogP contribution is -2.38. The van der Waals surface area contributed by atoms with Crippen molar-refractivity contribution < 1.29 is 13.6 Å². The zero-order valence-corrected chi connectivity index (χ0v) is 12.4. The largest absolute Gasteiger partial charge is 0.381 e. The van der Waals surface area contributed by atoms with Crippen molar-refractivity contribution in [3.8, 4) is 0 Å². The van der Waals surface area contributed by atoms with E-state index in [1.807, 2.05) is 20.8 Å². The summed E-state index contributed by atoms with van der Waals surface area (Å²) in [5, 5.41) is 5.39. The van der Waals surface area contributed by atoms with Gasteiger partial charge in [-0.2, -0.15) is 0 Å². The average molecular weight is 284 g/mol. The number of benzene rings is 1. The van der Waals surface area contributed by atoms with Crippen LogP contribution in [-0.2, 0) is 0 Å². The fourth-order valence-corrected chi connectivity index (χ4v) is 2.04. The Labute approximate surface area is 118 Å². The highest BCUT2D eigenvalue weighted by Crippen LogP contribution is 2.21. The van der Waals surface area contributed by atoms with Gasteiger partial charge in [-0.15, -0.1) is 0 Å². The summed E-state index contributed by atoms with van der Waals surface area (Å²) in [6.45, 7) is 8.09. The Morgan fingerprint density at radius 2 is 1.75 bits per heavy atom. The summed E-state index contributed by atoms with van der Waals surface area (Å²) in [5.74, 6) is -1.70. The van der Waals surface area contributed by atoms with Crippen molar-refractivity contribution in [2.24, 2.45) is 5.92 Å². The zero-order valence-electron chi connectivity index (χ0n) is 12.4. The van der Waals surface area contributed by atoms with Crippen LogP contribution in [0.25, 0.3) is 0 Å². The lowest BCUT2D eigenvalue weighted by molar-refractivity contribution is 0.0923. The van der Waals surface area contributed by atoms with E-state index in [1.54, 1.807) is 6.92 Å². The number of hydrogen-bond donors (Lipinski definition) is 2. The molecule has 0 heterocycles. The quantitative estimate of drug-likeness (QED) is 0.838. The first-order valence-electron chi connectivity index (χ1n) is 6.94. The number of anilines is 1. The van der Waals surface area contributed by atoms with E-state index in [0.29, 0.717) is 6.54 Å². The summed E-state index contributed by atoms with van der Waals surface area (Å²) in [6.07, 6.45) is 0.768. The lowest BCUT2D eigenvalue weighted by Gasteiger charge is -2.21. The number of nitrogens with one attached hydrogen (secondary N) is 2. The van der Waals surface area contributed by atoms with E-state index in [0.717, 1.165) is 18.6 Å². The maximum absolute atomic E-state index is 13.8. The number of hydrogen-bond acceptors (Lipinski definition) is 2. The molecule has 1 atom stereocenters. The van der Waals surface area contributed by atoms with Gasteiger partial charge in [-0.25, -0.2) is 8.78 Å². The highest BCUT2D eigenvalue weighted by Gasteiger charge is 2.18. The van der Waals surface area contributed by atoms with Gasteiger partial charge in [0.05, 0.1) is 0 Å². The molecule has 5 heteroatoms. The van der Waals surface area contributed by atoms with Crippen LogP contribution in [0.15, 0.2) is 12.1 Å². The standard InChI is InChI=1S/C15H22F2N2O/c1-5-13(9(3)4)19-15(20)10-7-11(16)14(18-6-2)12(17)8-10/h7-9,13,18H,5-6H2,1-4H3,(H,19,20). The van der Waals surface area contributed by atoms with Gasteiger partial charge in [0.25, 0.3) is 5.91 Å². The minimum Gasteiger partial charge on any atom is -0.381 e. The first-order chi connectivity index (χ1) is 9.40. The molecular formula is C15H22F2N2O. The van der Waals surface area contributed by atoms with Crippen LogP contribution in [0.2, 0.25) is 0 Å². The van der Waals surface area contributed by atoms with Gasteiger partial charge >= 0.3 is 0 Å². The van der Waals surface area contributed by atoms with Gasteiger partial charge in [-0.3, -0.25) is 4.79 Å². The van der Waals surface area contributed by atoms with Crippen LogP contribution in [0.5, 0.6) is 0 Å². The van der Waals surface area contributed by atoms with Gasteiger partial charge < -0.3 is 10.6 Å². The van der Waals surface area contributed by atoms with Gasteiger partial charge in [0.1, 0.15) is 17.3 Å². The van der Waals surface area contributed by atoms with Crippen molar-refractivity contribution in [1.29, 1.82) is 0 Å². The monoisotopic (exact) mass is 284 g/mol. The number of carbonyl (C=O) groups is 1. The molecule has 0 spiro atoms. The molecular weight excluding hydrogens is 262 g/mol. The molecule has 0 fully saturated rings. The highest BCUT2D eigenvalue weighted by atomic mass is 19.1. The van der Waals surface area contributed by atoms with E-state index in [9.17, 15) is 13.6 Å². The molecule has 0 saturated heterocycles. The second kappa shape index (κ2) is 7.22. The van der Waals surface area contributed by atoms with Crippen molar-refractivity contribution in [1.82, 2.24) is 5.32 Å². The molecule has 0 aliphatic heterocycles. The number of amides is 1. The first-order valence-corrected chi connectivity index (χ1v) is 6.94. The summed E-state index contributed by atoms with van der Waals surface area (Å²) in [7, 11) is 0. The molecule has 1 unspecified atom stereocenters. The van der Waals surface area contributed by atoms with Crippen LogP contribution in [0.1, 0.15) is 44.5 Å². The Balaban J connectivity index is 2.94. The Bertz CT molecular complexity index is 452. The van der Waals surface area contributed by atoms with Crippen molar-refractivity contribution in [2.75, 3.05) is 11.9 Å². The lowest BCUT2D eigenvalue weighted by atomic mass is 10.0. The number of halogens is 2. The Morgan fingerprint density at radius 3 is 2.15 bits per heavy atom. The van der Waals surface area contributed by atoms with Gasteiger partial charge in [-0.05, 0) is 31.4 Å². The van der Waals surface area contributed by atoms with Gasteiger partial charge in [-0.1, -0.05) is 20.8 Å². The number of carbonyl (C=O) groups excluding carboxylic acids is 1. The van der Waals surface area contributed by atoms with Gasteiger partial charge in [0.2, 0.25) is 0 Å². The molecule has 0 aliphatic carbocycles. The maximum atomic E-state index is 13.8. The molecule has 0 radical (unpaired) electrons. The molecule has 0 bridgehead atoms. The van der Waals surface area contributed by atoms with E-state index in [-0.39, 0.29) is 23.2 Å². The summed E-state index contributed by atoms with van der Waals surface area (Å²) in [5.41, 5.74) is -0.194. The summed E-state index contributed by atoms with van der Waals surface area (Å²) in [4.78, 5) is 12.0. The molecule has 2 N–H and O–H groups in total. The van der Waals surface area contributed by atoms with Crippen LogP contribution in [0, 0.1) is 17.6 Å². The van der Waals surface area contributed by atoms with Crippen LogP contribution < -0.4 is 10.6 Å². The minimum absolute atomic E-state index is 0.000697. The second-order valence-corrected chi connectivity index (χ2v) is 5.08.